The molecule has 2 aliphatic rings. The molecule has 0 aliphatic carbocycles. The number of carbonyl (C=O) groups excluding carboxylic acids is 2. The molecular weight excluding hydrogens is 374 g/mol. The van der Waals surface area contributed by atoms with Gasteiger partial charge in [0.15, 0.2) is 0 Å². The van der Waals surface area contributed by atoms with Gasteiger partial charge in [0.05, 0.1) is 18.1 Å². The lowest BCUT2D eigenvalue weighted by atomic mass is 9.82. The summed E-state index contributed by atoms with van der Waals surface area (Å²) in [5.41, 5.74) is 1.93. The van der Waals surface area contributed by atoms with Gasteiger partial charge in [0.25, 0.3) is 5.91 Å². The lowest BCUT2D eigenvalue weighted by molar-refractivity contribution is -0.161. The Bertz CT molecular complexity index is 1030. The van der Waals surface area contributed by atoms with Crippen LogP contribution in [0.2, 0.25) is 0 Å². The van der Waals surface area contributed by atoms with E-state index >= 15 is 0 Å². The second-order valence-corrected chi connectivity index (χ2v) is 7.15. The van der Waals surface area contributed by atoms with Crippen LogP contribution in [-0.2, 0) is 9.59 Å². The first-order chi connectivity index (χ1) is 13.9. The number of aliphatic hydroxyl groups excluding tert-OH is 1. The molecule has 8 nitrogen and oxygen atoms in total. The van der Waals surface area contributed by atoms with Crippen molar-refractivity contribution in [2.24, 2.45) is 5.92 Å². The van der Waals surface area contributed by atoms with Gasteiger partial charge in [0, 0.05) is 23.6 Å². The van der Waals surface area contributed by atoms with Crippen molar-refractivity contribution < 1.29 is 24.6 Å². The van der Waals surface area contributed by atoms with E-state index in [0.717, 1.165) is 0 Å². The SMILES string of the molecule is CC(O)C1C(=O)N2C(C(=O)O)=C(c3cccc(C(=O)Nc4ccncc4)c3)CC12. The number of anilines is 1. The smallest absolute Gasteiger partial charge is 0.352 e. The van der Waals surface area contributed by atoms with Gasteiger partial charge in [-0.25, -0.2) is 4.79 Å². The summed E-state index contributed by atoms with van der Waals surface area (Å²) >= 11 is 0. The summed E-state index contributed by atoms with van der Waals surface area (Å²) in [6, 6.07) is 9.59. The van der Waals surface area contributed by atoms with E-state index in [9.17, 15) is 24.6 Å². The monoisotopic (exact) mass is 393 g/mol. The molecule has 4 rings (SSSR count). The Kier molecular flexibility index (Phi) is 4.63. The minimum absolute atomic E-state index is 0.0800. The van der Waals surface area contributed by atoms with Gasteiger partial charge in [-0.1, -0.05) is 12.1 Å². The zero-order valence-electron chi connectivity index (χ0n) is 15.6. The number of hydrogen-bond donors (Lipinski definition) is 3. The van der Waals surface area contributed by atoms with Crippen LogP contribution in [0.3, 0.4) is 0 Å². The summed E-state index contributed by atoms with van der Waals surface area (Å²) in [5, 5.41) is 22.3. The average molecular weight is 393 g/mol. The summed E-state index contributed by atoms with van der Waals surface area (Å²) in [4.78, 5) is 41.9. The molecule has 29 heavy (non-hydrogen) atoms. The van der Waals surface area contributed by atoms with Crippen LogP contribution < -0.4 is 5.32 Å². The maximum Gasteiger partial charge on any atom is 0.352 e. The third-order valence-electron chi connectivity index (χ3n) is 5.34. The van der Waals surface area contributed by atoms with Crippen molar-refractivity contribution >= 4 is 29.0 Å². The molecule has 1 aromatic heterocycles. The Morgan fingerprint density at radius 1 is 1.24 bits per heavy atom. The molecule has 0 saturated carbocycles. The number of nitrogens with one attached hydrogen (secondary N) is 1. The van der Waals surface area contributed by atoms with Gasteiger partial charge in [-0.05, 0) is 48.7 Å². The number of aliphatic carboxylic acids is 1. The third kappa shape index (κ3) is 3.17. The number of carbonyl (C=O) groups is 3. The normalized spacial score (nSPS) is 21.4. The third-order valence-corrected chi connectivity index (χ3v) is 5.34. The van der Waals surface area contributed by atoms with E-state index in [4.69, 9.17) is 0 Å². The van der Waals surface area contributed by atoms with E-state index < -0.39 is 18.0 Å². The van der Waals surface area contributed by atoms with Crippen molar-refractivity contribution in [1.82, 2.24) is 9.88 Å². The Morgan fingerprint density at radius 3 is 2.62 bits per heavy atom. The van der Waals surface area contributed by atoms with Gasteiger partial charge in [-0.15, -0.1) is 0 Å². The molecule has 0 bridgehead atoms. The number of carboxylic acids is 1. The molecule has 1 aromatic carbocycles. The second kappa shape index (κ2) is 7.14. The Hall–Kier alpha value is -3.52. The van der Waals surface area contributed by atoms with Crippen molar-refractivity contribution in [1.29, 1.82) is 0 Å². The summed E-state index contributed by atoms with van der Waals surface area (Å²) in [6.45, 7) is 1.53. The van der Waals surface area contributed by atoms with Crippen LogP contribution in [0.4, 0.5) is 5.69 Å². The maximum absolute atomic E-state index is 12.6. The zero-order valence-corrected chi connectivity index (χ0v) is 15.6. The van der Waals surface area contributed by atoms with Crippen LogP contribution in [0.25, 0.3) is 5.57 Å². The van der Waals surface area contributed by atoms with Gasteiger partial charge in [-0.2, -0.15) is 0 Å². The van der Waals surface area contributed by atoms with Crippen LogP contribution >= 0.6 is 0 Å². The van der Waals surface area contributed by atoms with Crippen LogP contribution in [0.15, 0.2) is 54.5 Å². The predicted molar refractivity (Wildman–Crippen MR) is 104 cm³/mol. The van der Waals surface area contributed by atoms with Gasteiger partial charge in [-0.3, -0.25) is 14.6 Å². The molecule has 3 unspecified atom stereocenters. The van der Waals surface area contributed by atoms with Gasteiger partial charge < -0.3 is 20.4 Å². The summed E-state index contributed by atoms with van der Waals surface area (Å²) < 4.78 is 0. The first kappa shape index (κ1) is 18.8. The van der Waals surface area contributed by atoms with E-state index in [-0.39, 0.29) is 23.6 Å². The first-order valence-corrected chi connectivity index (χ1v) is 9.18. The lowest BCUT2D eigenvalue weighted by Crippen LogP contribution is -2.61. The fraction of sp³-hybridized carbons (Fsp3) is 0.238. The molecule has 8 heteroatoms. The fourth-order valence-electron chi connectivity index (χ4n) is 4.01. The highest BCUT2D eigenvalue weighted by atomic mass is 16.4. The highest BCUT2D eigenvalue weighted by molar-refractivity contribution is 6.07. The molecule has 1 saturated heterocycles. The van der Waals surface area contributed by atoms with Crippen molar-refractivity contribution in [3.05, 3.63) is 65.6 Å². The van der Waals surface area contributed by atoms with Gasteiger partial charge in [0.1, 0.15) is 5.70 Å². The Labute approximate surface area is 166 Å². The van der Waals surface area contributed by atoms with Crippen LogP contribution in [-0.4, -0.2) is 50.0 Å². The number of nitrogens with zero attached hydrogens (tertiary/aromatic N) is 2. The van der Waals surface area contributed by atoms with Crippen LogP contribution in [0, 0.1) is 5.92 Å². The molecule has 1 fully saturated rings. The molecule has 3 N–H and O–H groups in total. The van der Waals surface area contributed by atoms with Crippen molar-refractivity contribution in [3.8, 4) is 0 Å². The topological polar surface area (TPSA) is 120 Å². The number of aromatic nitrogens is 1. The minimum Gasteiger partial charge on any atom is -0.477 e. The zero-order chi connectivity index (χ0) is 20.7. The first-order valence-electron chi connectivity index (χ1n) is 9.18. The molecule has 148 valence electrons. The van der Waals surface area contributed by atoms with E-state index in [1.54, 1.807) is 48.8 Å². The lowest BCUT2D eigenvalue weighted by Gasteiger charge is -2.44. The van der Waals surface area contributed by atoms with E-state index in [1.807, 2.05) is 0 Å². The van der Waals surface area contributed by atoms with Crippen molar-refractivity contribution in [3.63, 3.8) is 0 Å². The van der Waals surface area contributed by atoms with Crippen molar-refractivity contribution in [2.45, 2.75) is 25.5 Å². The highest BCUT2D eigenvalue weighted by Gasteiger charge is 2.56. The van der Waals surface area contributed by atoms with E-state index in [0.29, 0.717) is 28.8 Å². The molecule has 3 heterocycles. The predicted octanol–water partition coefficient (Wildman–Crippen LogP) is 1.74. The number of β-lactam (4-membered cyclic amide) rings is 1. The number of hydrogen-bond acceptors (Lipinski definition) is 5. The molecule has 2 aliphatic heterocycles. The van der Waals surface area contributed by atoms with E-state index in [1.165, 1.54) is 11.8 Å². The number of benzene rings is 1. The molecule has 3 atom stereocenters. The molecule has 0 radical (unpaired) electrons. The average Bonchev–Trinajstić information content (AvgIpc) is 3.04. The van der Waals surface area contributed by atoms with Gasteiger partial charge >= 0.3 is 5.97 Å². The largest absolute Gasteiger partial charge is 0.477 e. The van der Waals surface area contributed by atoms with Gasteiger partial charge in [0.2, 0.25) is 5.91 Å². The molecule has 2 amide bonds. The number of pyridine rings is 1. The van der Waals surface area contributed by atoms with Crippen LogP contribution in [0.1, 0.15) is 29.3 Å². The summed E-state index contributed by atoms with van der Waals surface area (Å²) in [7, 11) is 0. The maximum atomic E-state index is 12.6. The number of amides is 2. The van der Waals surface area contributed by atoms with E-state index in [2.05, 4.69) is 10.3 Å². The fourth-order valence-corrected chi connectivity index (χ4v) is 4.01. The summed E-state index contributed by atoms with van der Waals surface area (Å²) in [5.74, 6) is -2.54. The summed E-state index contributed by atoms with van der Waals surface area (Å²) in [6.07, 6.45) is 2.59. The number of fused-ring (bicyclic) bond motifs is 1. The number of rotatable bonds is 5. The van der Waals surface area contributed by atoms with Crippen molar-refractivity contribution in [2.75, 3.05) is 5.32 Å². The Balaban J connectivity index is 1.65. The second-order valence-electron chi connectivity index (χ2n) is 7.15. The van der Waals surface area contributed by atoms with Crippen LogP contribution in [0.5, 0.6) is 0 Å². The molecular formula is C21H19N3O5. The molecule has 0 spiro atoms. The standard InChI is InChI=1S/C21H19N3O5/c1-11(25)17-16-10-15(18(21(28)29)24(16)20(17)27)12-3-2-4-13(9-12)19(26)23-14-5-7-22-8-6-14/h2-9,11,16-17,25H,10H2,1H3,(H,28,29)(H,22,23,26). The molecule has 2 aromatic rings. The highest BCUT2D eigenvalue weighted by Crippen LogP contribution is 2.46. The number of aliphatic hydroxyl groups is 1. The number of carboxylic acid groups (broad SMARTS) is 1. The minimum atomic E-state index is -1.20. The quantitative estimate of drug-likeness (QED) is 0.666. The Morgan fingerprint density at radius 2 is 1.97 bits per heavy atom.